The van der Waals surface area contributed by atoms with Gasteiger partial charge in [0.05, 0.1) is 0 Å². The molecule has 5 rings (SSSR count). The molecular weight excluding hydrogens is 120 g/mol. The average molecular weight is 132 g/mol. The Kier molecular flexibility index (Phi) is 0.362. The van der Waals surface area contributed by atoms with E-state index in [1.54, 1.807) is 0 Å². The zero-order valence-electron chi connectivity index (χ0n) is 6.57. The van der Waals surface area contributed by atoms with Crippen LogP contribution < -0.4 is 0 Å². The maximum absolute atomic E-state index is 2.38. The molecule has 0 N–H and O–H groups in total. The Hall–Kier alpha value is -0.260. The van der Waals surface area contributed by atoms with Crippen molar-refractivity contribution in [3.05, 3.63) is 11.1 Å². The van der Waals surface area contributed by atoms with E-state index in [1.165, 1.54) is 18.8 Å². The standard InChI is InChI=1S/C10H12/c1-3-9-6-5-7(6)10(9,4-2)8(5)9/h5,8H,3-4H2,1-2H3. The second kappa shape index (κ2) is 0.790. The lowest BCUT2D eigenvalue weighted by Crippen LogP contribution is -2.16. The maximum Gasteiger partial charge on any atom is 0.00709 e. The molecule has 0 amide bonds. The normalized spacial score (nSPS) is 70.2. The number of hydrogen-bond donors (Lipinski definition) is 0. The zero-order chi connectivity index (χ0) is 6.72. The fraction of sp³-hybridized carbons (Fsp3) is 0.800. The van der Waals surface area contributed by atoms with Gasteiger partial charge in [-0.05, 0) is 18.8 Å². The molecule has 0 nitrogen and oxygen atoms in total. The Morgan fingerprint density at radius 3 is 1.90 bits per heavy atom. The van der Waals surface area contributed by atoms with Gasteiger partial charge in [0.1, 0.15) is 0 Å². The second-order valence-electron chi connectivity index (χ2n) is 4.43. The van der Waals surface area contributed by atoms with Crippen LogP contribution in [-0.4, -0.2) is 0 Å². The summed E-state index contributed by atoms with van der Waals surface area (Å²) < 4.78 is 0. The van der Waals surface area contributed by atoms with Gasteiger partial charge in [0.2, 0.25) is 0 Å². The van der Waals surface area contributed by atoms with E-state index in [0.717, 1.165) is 16.7 Å². The number of allylic oxidation sites excluding steroid dienone is 2. The third-order valence-corrected chi connectivity index (χ3v) is 5.01. The van der Waals surface area contributed by atoms with Crippen LogP contribution in [0.25, 0.3) is 0 Å². The van der Waals surface area contributed by atoms with Gasteiger partial charge in [-0.1, -0.05) is 25.0 Å². The predicted octanol–water partition coefficient (Wildman–Crippen LogP) is 2.36. The third-order valence-electron chi connectivity index (χ3n) is 5.01. The van der Waals surface area contributed by atoms with Gasteiger partial charge in [-0.15, -0.1) is 0 Å². The lowest BCUT2D eigenvalue weighted by Gasteiger charge is -2.24. The highest BCUT2D eigenvalue weighted by Crippen LogP contribution is 3.10. The minimum atomic E-state index is 0.849. The molecular formula is C10H12. The quantitative estimate of drug-likeness (QED) is 0.506. The van der Waals surface area contributed by atoms with Crippen molar-refractivity contribution in [1.29, 1.82) is 0 Å². The van der Waals surface area contributed by atoms with Crippen LogP contribution in [0.3, 0.4) is 0 Å². The molecule has 0 bridgehead atoms. The van der Waals surface area contributed by atoms with Gasteiger partial charge in [0, 0.05) is 16.7 Å². The summed E-state index contributed by atoms with van der Waals surface area (Å²) in [6, 6.07) is 0. The Balaban J connectivity index is 1.92. The molecule has 0 spiro atoms. The van der Waals surface area contributed by atoms with Gasteiger partial charge >= 0.3 is 0 Å². The molecule has 0 heterocycles. The van der Waals surface area contributed by atoms with Crippen molar-refractivity contribution >= 4 is 0 Å². The Labute approximate surface area is 61.3 Å². The summed E-state index contributed by atoms with van der Waals surface area (Å²) >= 11 is 0. The molecule has 52 valence electrons. The van der Waals surface area contributed by atoms with Crippen molar-refractivity contribution in [2.75, 3.05) is 0 Å². The summed E-state index contributed by atoms with van der Waals surface area (Å²) in [5.74, 6) is 2.29. The van der Waals surface area contributed by atoms with Crippen molar-refractivity contribution in [3.8, 4) is 0 Å². The highest BCUT2D eigenvalue weighted by Gasteiger charge is 3.04. The molecule has 0 aromatic heterocycles. The number of rotatable bonds is 2. The van der Waals surface area contributed by atoms with Gasteiger partial charge in [-0.3, -0.25) is 0 Å². The van der Waals surface area contributed by atoms with Crippen LogP contribution in [-0.2, 0) is 0 Å². The molecule has 0 saturated heterocycles. The van der Waals surface area contributed by atoms with Gasteiger partial charge in [-0.2, -0.15) is 0 Å². The van der Waals surface area contributed by atoms with Crippen molar-refractivity contribution in [2.45, 2.75) is 26.7 Å². The van der Waals surface area contributed by atoms with Crippen molar-refractivity contribution in [3.63, 3.8) is 0 Å². The van der Waals surface area contributed by atoms with Crippen molar-refractivity contribution in [2.24, 2.45) is 22.7 Å². The van der Waals surface area contributed by atoms with Gasteiger partial charge in [-0.25, -0.2) is 0 Å². The van der Waals surface area contributed by atoms with E-state index >= 15 is 0 Å². The smallest absolute Gasteiger partial charge is 0.00709 e. The molecule has 10 heavy (non-hydrogen) atoms. The average Bonchev–Trinajstić information content (AvgIpc) is 2.41. The molecule has 3 saturated carbocycles. The summed E-state index contributed by atoms with van der Waals surface area (Å²) in [7, 11) is 0. The van der Waals surface area contributed by atoms with Crippen LogP contribution in [0.5, 0.6) is 0 Å². The van der Waals surface area contributed by atoms with E-state index in [9.17, 15) is 0 Å². The highest BCUT2D eigenvalue weighted by atomic mass is 15.1. The summed E-state index contributed by atoms with van der Waals surface area (Å²) in [6.45, 7) is 4.76. The lowest BCUT2D eigenvalue weighted by atomic mass is 9.79. The summed E-state index contributed by atoms with van der Waals surface area (Å²) in [5, 5.41) is 0. The molecule has 0 radical (unpaired) electrons. The van der Waals surface area contributed by atoms with Crippen LogP contribution in [0.1, 0.15) is 26.7 Å². The SMILES string of the molecule is CCC12C3=C4C3C1C42CC. The molecule has 5 aliphatic rings. The fourth-order valence-electron chi connectivity index (χ4n) is 4.82. The minimum absolute atomic E-state index is 0.849. The molecule has 3 fully saturated rings. The van der Waals surface area contributed by atoms with Gasteiger partial charge in [0.15, 0.2) is 0 Å². The first-order valence-corrected chi connectivity index (χ1v) is 4.61. The molecule has 0 heteroatoms. The summed E-state index contributed by atoms with van der Waals surface area (Å²) in [6.07, 6.45) is 2.89. The Morgan fingerprint density at radius 1 is 1.10 bits per heavy atom. The Morgan fingerprint density at radius 2 is 1.60 bits per heavy atom. The molecule has 2 atom stereocenters. The summed E-state index contributed by atoms with van der Waals surface area (Å²) in [5.41, 5.74) is 5.56. The second-order valence-corrected chi connectivity index (χ2v) is 4.43. The van der Waals surface area contributed by atoms with Gasteiger partial charge < -0.3 is 0 Å². The van der Waals surface area contributed by atoms with E-state index < -0.39 is 0 Å². The van der Waals surface area contributed by atoms with E-state index in [-0.39, 0.29) is 0 Å². The third kappa shape index (κ3) is 0.137. The molecule has 0 aromatic carbocycles. The largest absolute Gasteiger partial charge is 0.0645 e. The maximum atomic E-state index is 2.38. The van der Waals surface area contributed by atoms with Crippen LogP contribution in [0.2, 0.25) is 0 Å². The van der Waals surface area contributed by atoms with Crippen LogP contribution in [0.4, 0.5) is 0 Å². The highest BCUT2D eigenvalue weighted by molar-refractivity contribution is 5.85. The van der Waals surface area contributed by atoms with E-state index in [4.69, 9.17) is 0 Å². The Bertz CT molecular complexity index is 271. The molecule has 0 aromatic rings. The van der Waals surface area contributed by atoms with Crippen LogP contribution in [0, 0.1) is 22.7 Å². The first-order chi connectivity index (χ1) is 4.86. The van der Waals surface area contributed by atoms with E-state index in [2.05, 4.69) is 13.8 Å². The fourth-order valence-corrected chi connectivity index (χ4v) is 4.82. The first-order valence-electron chi connectivity index (χ1n) is 4.61. The molecule has 0 aliphatic heterocycles. The van der Waals surface area contributed by atoms with Crippen molar-refractivity contribution in [1.82, 2.24) is 0 Å². The zero-order valence-corrected chi connectivity index (χ0v) is 6.57. The van der Waals surface area contributed by atoms with Crippen LogP contribution >= 0.6 is 0 Å². The van der Waals surface area contributed by atoms with Gasteiger partial charge in [0.25, 0.3) is 0 Å². The monoisotopic (exact) mass is 132 g/mol. The topological polar surface area (TPSA) is 0 Å². The first kappa shape index (κ1) is 4.58. The van der Waals surface area contributed by atoms with E-state index in [0.29, 0.717) is 0 Å². The molecule has 2 unspecified atom stereocenters. The van der Waals surface area contributed by atoms with Crippen LogP contribution in [0.15, 0.2) is 11.1 Å². The lowest BCUT2D eigenvalue weighted by molar-refractivity contribution is 0.403. The van der Waals surface area contributed by atoms with E-state index in [1.807, 2.05) is 11.1 Å². The summed E-state index contributed by atoms with van der Waals surface area (Å²) in [4.78, 5) is 0. The minimum Gasteiger partial charge on any atom is -0.0645 e. The predicted molar refractivity (Wildman–Crippen MR) is 39.5 cm³/mol. The number of hydrogen-bond acceptors (Lipinski definition) is 0. The van der Waals surface area contributed by atoms with Crippen molar-refractivity contribution < 1.29 is 0 Å². The molecule has 5 aliphatic carbocycles.